The highest BCUT2D eigenvalue weighted by Gasteiger charge is 2.23. The summed E-state index contributed by atoms with van der Waals surface area (Å²) in [5, 5.41) is 2.36. The van der Waals surface area contributed by atoms with Crippen LogP contribution in [0, 0.1) is 16.7 Å². The Balaban J connectivity index is 1.70. The summed E-state index contributed by atoms with van der Waals surface area (Å²) in [6.07, 6.45) is 11.7. The number of carbonyl (C=O) groups is 3. The van der Waals surface area contributed by atoms with Crippen molar-refractivity contribution in [1.82, 2.24) is 0 Å². The zero-order chi connectivity index (χ0) is 23.6. The Kier molecular flexibility index (Phi) is 9.54. The number of carbonyl (C=O) groups excluding carboxylic acids is 3. The monoisotopic (exact) mass is 458 g/mol. The van der Waals surface area contributed by atoms with Crippen LogP contribution in [0.3, 0.4) is 0 Å². The number of benzene rings is 1. The van der Waals surface area contributed by atoms with E-state index in [2.05, 4.69) is 5.18 Å². The van der Waals surface area contributed by atoms with E-state index >= 15 is 0 Å². The Morgan fingerprint density at radius 2 is 1.36 bits per heavy atom. The fourth-order valence-corrected chi connectivity index (χ4v) is 4.84. The van der Waals surface area contributed by atoms with Gasteiger partial charge in [-0.1, -0.05) is 44.6 Å². The molecule has 2 saturated carbocycles. The third kappa shape index (κ3) is 8.03. The van der Waals surface area contributed by atoms with Gasteiger partial charge >= 0.3 is 17.8 Å². The fraction of sp³-hybridized carbons (Fsp3) is 0.640. The second-order valence-electron chi connectivity index (χ2n) is 9.39. The zero-order valence-electron chi connectivity index (χ0n) is 19.1. The maximum absolute atomic E-state index is 12.6. The molecule has 2 N–H and O–H groups in total. The first-order chi connectivity index (χ1) is 15.9. The minimum absolute atomic E-state index is 0.0497. The average Bonchev–Trinajstić information content (AvgIpc) is 2.81. The van der Waals surface area contributed by atoms with E-state index in [-0.39, 0.29) is 29.9 Å². The van der Waals surface area contributed by atoms with Crippen LogP contribution in [-0.2, 0) is 20.8 Å². The van der Waals surface area contributed by atoms with Crippen LogP contribution in [0.1, 0.15) is 82.6 Å². The van der Waals surface area contributed by atoms with E-state index in [9.17, 15) is 19.3 Å². The standard InChI is InChI=1S/C25H34N2O6/c26-20(25(30)27-31)13-19-11-12-21(32-23(28)15-17-7-3-1-4-8-17)22(14-19)33-24(29)16-18-9-5-2-6-10-18/h11-12,14,17-18,20H,1-10,13,15-16,26H2/t20-/m0/s1. The molecule has 0 saturated heterocycles. The molecule has 1 atom stereocenters. The Morgan fingerprint density at radius 1 is 0.848 bits per heavy atom. The number of esters is 2. The number of hydrogen-bond donors (Lipinski definition) is 1. The predicted octanol–water partition coefficient (Wildman–Crippen LogP) is 4.60. The summed E-state index contributed by atoms with van der Waals surface area (Å²) < 4.78 is 11.2. The Bertz CT molecular complexity index is 843. The molecule has 3 rings (SSSR count). The molecule has 8 heteroatoms. The van der Waals surface area contributed by atoms with Crippen LogP contribution in [0.25, 0.3) is 0 Å². The van der Waals surface area contributed by atoms with Gasteiger partial charge in [0, 0.05) is 18.0 Å². The lowest BCUT2D eigenvalue weighted by Crippen LogP contribution is -2.31. The summed E-state index contributed by atoms with van der Waals surface area (Å²) >= 11 is 0. The quantitative estimate of drug-likeness (QED) is 0.325. The van der Waals surface area contributed by atoms with Crippen molar-refractivity contribution in [3.63, 3.8) is 0 Å². The van der Waals surface area contributed by atoms with Crippen molar-refractivity contribution in [2.75, 3.05) is 0 Å². The van der Waals surface area contributed by atoms with Crippen molar-refractivity contribution >= 4 is 17.8 Å². The molecule has 0 aromatic heterocycles. The number of rotatable bonds is 9. The second kappa shape index (κ2) is 12.6. The molecule has 0 heterocycles. The molecule has 0 unspecified atom stereocenters. The van der Waals surface area contributed by atoms with Gasteiger partial charge in [-0.2, -0.15) is 0 Å². The molecule has 2 fully saturated rings. The number of hydrogen-bond acceptors (Lipinski definition) is 7. The molecule has 180 valence electrons. The van der Waals surface area contributed by atoms with Gasteiger partial charge in [0.05, 0.1) is 6.04 Å². The fourth-order valence-electron chi connectivity index (χ4n) is 4.84. The molecule has 2 aliphatic rings. The lowest BCUT2D eigenvalue weighted by Gasteiger charge is -2.21. The van der Waals surface area contributed by atoms with Crippen molar-refractivity contribution < 1.29 is 23.9 Å². The Hall–Kier alpha value is -2.61. The largest absolute Gasteiger partial charge is 0.423 e. The average molecular weight is 459 g/mol. The van der Waals surface area contributed by atoms with E-state index in [1.807, 2.05) is 0 Å². The van der Waals surface area contributed by atoms with Crippen LogP contribution in [0.4, 0.5) is 0 Å². The van der Waals surface area contributed by atoms with E-state index in [0.717, 1.165) is 51.4 Å². The molecule has 0 aliphatic heterocycles. The summed E-state index contributed by atoms with van der Waals surface area (Å²) in [7, 11) is 0. The zero-order valence-corrected chi connectivity index (χ0v) is 19.1. The van der Waals surface area contributed by atoms with Crippen molar-refractivity contribution in [3.05, 3.63) is 28.7 Å². The lowest BCUT2D eigenvalue weighted by atomic mass is 9.87. The van der Waals surface area contributed by atoms with E-state index < -0.39 is 11.9 Å². The second-order valence-corrected chi connectivity index (χ2v) is 9.39. The number of nitroso groups, excluding NO2 is 1. The SMILES string of the molecule is N[C@@H](Cc1ccc(OC(=O)CC2CCCCC2)c(OC(=O)CC2CCCCC2)c1)C(=O)N=O. The van der Waals surface area contributed by atoms with Crippen LogP contribution >= 0.6 is 0 Å². The Labute approximate surface area is 194 Å². The number of ether oxygens (including phenoxy) is 2. The van der Waals surface area contributed by atoms with E-state index in [4.69, 9.17) is 15.2 Å². The van der Waals surface area contributed by atoms with Gasteiger partial charge in [0.1, 0.15) is 0 Å². The first-order valence-corrected chi connectivity index (χ1v) is 12.1. The van der Waals surface area contributed by atoms with Crippen LogP contribution < -0.4 is 15.2 Å². The smallest absolute Gasteiger partial charge is 0.311 e. The molecule has 0 bridgehead atoms. The van der Waals surface area contributed by atoms with Crippen molar-refractivity contribution in [2.45, 2.75) is 89.5 Å². The minimum atomic E-state index is -1.09. The molecule has 1 aromatic carbocycles. The number of nitrogens with two attached hydrogens (primary N) is 1. The molecule has 0 spiro atoms. The van der Waals surface area contributed by atoms with Crippen LogP contribution in [0.15, 0.2) is 23.4 Å². The molecular formula is C25H34N2O6. The van der Waals surface area contributed by atoms with Crippen LogP contribution in [-0.4, -0.2) is 23.9 Å². The summed E-state index contributed by atoms with van der Waals surface area (Å²) in [4.78, 5) is 47.1. The van der Waals surface area contributed by atoms with Crippen molar-refractivity contribution in [3.8, 4) is 11.5 Å². The summed E-state index contributed by atoms with van der Waals surface area (Å²) in [6.45, 7) is 0. The van der Waals surface area contributed by atoms with Gasteiger partial charge in [-0.25, -0.2) is 0 Å². The van der Waals surface area contributed by atoms with Crippen LogP contribution in [0.2, 0.25) is 0 Å². The van der Waals surface area contributed by atoms with Gasteiger partial charge < -0.3 is 15.2 Å². The summed E-state index contributed by atoms with van der Waals surface area (Å²) in [5.74, 6) is -0.753. The van der Waals surface area contributed by atoms with Crippen LogP contribution in [0.5, 0.6) is 11.5 Å². The van der Waals surface area contributed by atoms with Gasteiger partial charge in [-0.05, 0) is 61.6 Å². The van der Waals surface area contributed by atoms with Gasteiger partial charge in [0.2, 0.25) is 0 Å². The van der Waals surface area contributed by atoms with Crippen molar-refractivity contribution in [1.29, 1.82) is 0 Å². The van der Waals surface area contributed by atoms with E-state index in [1.54, 1.807) is 18.2 Å². The first-order valence-electron chi connectivity index (χ1n) is 12.1. The normalized spacial score (nSPS) is 18.3. The maximum Gasteiger partial charge on any atom is 0.311 e. The molecule has 33 heavy (non-hydrogen) atoms. The molecule has 1 aromatic rings. The summed E-state index contributed by atoms with van der Waals surface area (Å²) in [5.41, 5.74) is 6.30. The minimum Gasteiger partial charge on any atom is -0.423 e. The highest BCUT2D eigenvalue weighted by molar-refractivity contribution is 5.82. The van der Waals surface area contributed by atoms with Gasteiger partial charge in [-0.15, -0.1) is 4.91 Å². The number of amides is 1. The molecule has 1 amide bonds. The molecule has 2 aliphatic carbocycles. The van der Waals surface area contributed by atoms with Gasteiger partial charge in [-0.3, -0.25) is 14.4 Å². The molecule has 8 nitrogen and oxygen atoms in total. The van der Waals surface area contributed by atoms with E-state index in [0.29, 0.717) is 30.2 Å². The van der Waals surface area contributed by atoms with Gasteiger partial charge in [0.25, 0.3) is 0 Å². The summed E-state index contributed by atoms with van der Waals surface area (Å²) in [6, 6.07) is 3.63. The van der Waals surface area contributed by atoms with Crippen molar-refractivity contribution in [2.24, 2.45) is 22.7 Å². The highest BCUT2D eigenvalue weighted by atomic mass is 16.6. The predicted molar refractivity (Wildman–Crippen MR) is 123 cm³/mol. The first kappa shape index (κ1) is 25.0. The lowest BCUT2D eigenvalue weighted by molar-refractivity contribution is -0.138. The Morgan fingerprint density at radius 3 is 1.88 bits per heavy atom. The third-order valence-electron chi connectivity index (χ3n) is 6.68. The molecule has 0 radical (unpaired) electrons. The number of nitrogens with zero attached hydrogens (tertiary/aromatic N) is 1. The van der Waals surface area contributed by atoms with Gasteiger partial charge in [0.15, 0.2) is 11.5 Å². The highest BCUT2D eigenvalue weighted by Crippen LogP contribution is 2.33. The topological polar surface area (TPSA) is 125 Å². The van der Waals surface area contributed by atoms with E-state index in [1.165, 1.54) is 12.8 Å². The maximum atomic E-state index is 12.6. The molecular weight excluding hydrogens is 424 g/mol. The third-order valence-corrected chi connectivity index (χ3v) is 6.68.